The highest BCUT2D eigenvalue weighted by molar-refractivity contribution is 5.79. The maximum absolute atomic E-state index is 12.4. The van der Waals surface area contributed by atoms with Crippen molar-refractivity contribution in [3.8, 4) is 0 Å². The summed E-state index contributed by atoms with van der Waals surface area (Å²) in [4.78, 5) is 29.2. The van der Waals surface area contributed by atoms with Crippen LogP contribution in [-0.2, 0) is 4.79 Å². The molecule has 1 fully saturated rings. The summed E-state index contributed by atoms with van der Waals surface area (Å²) in [7, 11) is 0. The fourth-order valence-electron chi connectivity index (χ4n) is 3.24. The summed E-state index contributed by atoms with van der Waals surface area (Å²) in [5.41, 5.74) is 5.95. The van der Waals surface area contributed by atoms with Gasteiger partial charge in [-0.3, -0.25) is 9.79 Å². The molecule has 0 radical (unpaired) electrons. The van der Waals surface area contributed by atoms with E-state index >= 15 is 0 Å². The van der Waals surface area contributed by atoms with E-state index in [2.05, 4.69) is 45.9 Å². The third-order valence-electron chi connectivity index (χ3n) is 4.89. The normalized spacial score (nSPS) is 16.4. The molecule has 1 unspecified atom stereocenters. The number of nitrogens with one attached hydrogen (secondary N) is 1. The van der Waals surface area contributed by atoms with Gasteiger partial charge in [-0.2, -0.15) is 0 Å². The standard InChI is InChI=1S/C20H35N7O/c1-16(2)6-4-7-17(3)25-19(21)22-11-8-18(28)26-12-14-27(15-13-26)20-23-9-5-10-24-20/h5,9-10,16-17H,4,6-8,11-15H2,1-3H3,(H3,21,22,25). The summed E-state index contributed by atoms with van der Waals surface area (Å²) >= 11 is 0. The second kappa shape index (κ2) is 11.5. The molecule has 1 aliphatic rings. The first kappa shape index (κ1) is 21.9. The summed E-state index contributed by atoms with van der Waals surface area (Å²) in [6, 6.07) is 2.10. The predicted octanol–water partition coefficient (Wildman–Crippen LogP) is 1.63. The van der Waals surface area contributed by atoms with Gasteiger partial charge in [-0.25, -0.2) is 9.97 Å². The lowest BCUT2D eigenvalue weighted by Gasteiger charge is -2.34. The van der Waals surface area contributed by atoms with Crippen molar-refractivity contribution in [3.63, 3.8) is 0 Å². The number of rotatable bonds is 9. The van der Waals surface area contributed by atoms with Crippen molar-refractivity contribution in [3.05, 3.63) is 18.5 Å². The molecule has 0 aliphatic carbocycles. The molecule has 0 bridgehead atoms. The van der Waals surface area contributed by atoms with Gasteiger partial charge < -0.3 is 20.9 Å². The van der Waals surface area contributed by atoms with Crippen molar-refractivity contribution in [1.82, 2.24) is 20.2 Å². The van der Waals surface area contributed by atoms with Crippen molar-refractivity contribution in [1.29, 1.82) is 0 Å². The van der Waals surface area contributed by atoms with Gasteiger partial charge in [0.05, 0.1) is 6.54 Å². The van der Waals surface area contributed by atoms with E-state index in [1.807, 2.05) is 4.90 Å². The monoisotopic (exact) mass is 389 g/mol. The highest BCUT2D eigenvalue weighted by Crippen LogP contribution is 2.10. The van der Waals surface area contributed by atoms with Crippen LogP contribution in [0.4, 0.5) is 5.95 Å². The van der Waals surface area contributed by atoms with Gasteiger partial charge in [0.2, 0.25) is 11.9 Å². The molecule has 1 aromatic rings. The second-order valence-corrected chi connectivity index (χ2v) is 7.80. The first-order valence-electron chi connectivity index (χ1n) is 10.3. The first-order valence-corrected chi connectivity index (χ1v) is 10.3. The topological polar surface area (TPSA) is 99.7 Å². The molecule has 8 heteroatoms. The molecule has 156 valence electrons. The van der Waals surface area contributed by atoms with Crippen LogP contribution in [0.5, 0.6) is 0 Å². The van der Waals surface area contributed by atoms with E-state index in [0.29, 0.717) is 38.1 Å². The van der Waals surface area contributed by atoms with Gasteiger partial charge in [0.25, 0.3) is 0 Å². The summed E-state index contributed by atoms with van der Waals surface area (Å²) in [5, 5.41) is 3.21. The van der Waals surface area contributed by atoms with E-state index < -0.39 is 0 Å². The van der Waals surface area contributed by atoms with Gasteiger partial charge in [0.1, 0.15) is 0 Å². The zero-order chi connectivity index (χ0) is 20.4. The zero-order valence-corrected chi connectivity index (χ0v) is 17.5. The molecule has 1 saturated heterocycles. The van der Waals surface area contributed by atoms with Crippen molar-refractivity contribution < 1.29 is 4.79 Å². The molecule has 2 rings (SSSR count). The number of piperazine rings is 1. The predicted molar refractivity (Wildman–Crippen MR) is 113 cm³/mol. The molecular weight excluding hydrogens is 354 g/mol. The minimum atomic E-state index is 0.121. The number of hydrogen-bond donors (Lipinski definition) is 2. The fourth-order valence-corrected chi connectivity index (χ4v) is 3.24. The second-order valence-electron chi connectivity index (χ2n) is 7.80. The minimum Gasteiger partial charge on any atom is -0.370 e. The summed E-state index contributed by atoms with van der Waals surface area (Å²) in [6.07, 6.45) is 7.33. The average molecular weight is 390 g/mol. The number of anilines is 1. The van der Waals surface area contributed by atoms with E-state index in [1.165, 1.54) is 12.8 Å². The van der Waals surface area contributed by atoms with Crippen molar-refractivity contribution in [2.75, 3.05) is 37.6 Å². The Bertz CT molecular complexity index is 612. The summed E-state index contributed by atoms with van der Waals surface area (Å²) in [5.74, 6) is 2.00. The highest BCUT2D eigenvalue weighted by atomic mass is 16.2. The number of nitrogens with two attached hydrogens (primary N) is 1. The third-order valence-corrected chi connectivity index (χ3v) is 4.89. The number of nitrogens with zero attached hydrogens (tertiary/aromatic N) is 5. The minimum absolute atomic E-state index is 0.121. The van der Waals surface area contributed by atoms with E-state index in [-0.39, 0.29) is 5.91 Å². The number of aliphatic imine (C=N–C) groups is 1. The average Bonchev–Trinajstić information content (AvgIpc) is 2.68. The van der Waals surface area contributed by atoms with Gasteiger partial charge in [-0.15, -0.1) is 0 Å². The van der Waals surface area contributed by atoms with Gasteiger partial charge in [0, 0.05) is 51.0 Å². The van der Waals surface area contributed by atoms with Crippen molar-refractivity contribution in [2.45, 2.75) is 52.5 Å². The Labute approximate surface area is 168 Å². The maximum atomic E-state index is 12.4. The van der Waals surface area contributed by atoms with Crippen molar-refractivity contribution >= 4 is 17.8 Å². The van der Waals surface area contributed by atoms with Crippen LogP contribution in [0.1, 0.15) is 46.5 Å². The van der Waals surface area contributed by atoms with E-state index in [1.54, 1.807) is 18.5 Å². The van der Waals surface area contributed by atoms with Gasteiger partial charge in [-0.1, -0.05) is 26.7 Å². The Morgan fingerprint density at radius 3 is 2.50 bits per heavy atom. The Hall–Kier alpha value is -2.38. The lowest BCUT2D eigenvalue weighted by molar-refractivity contribution is -0.131. The Morgan fingerprint density at radius 2 is 1.86 bits per heavy atom. The maximum Gasteiger partial charge on any atom is 0.225 e. The molecule has 0 aromatic carbocycles. The number of carbonyl (C=O) groups is 1. The van der Waals surface area contributed by atoms with Crippen molar-refractivity contribution in [2.24, 2.45) is 16.6 Å². The molecular formula is C20H35N7O. The van der Waals surface area contributed by atoms with E-state index in [0.717, 1.165) is 31.4 Å². The molecule has 1 aliphatic heterocycles. The van der Waals surface area contributed by atoms with Crippen LogP contribution in [0.3, 0.4) is 0 Å². The number of aromatic nitrogens is 2. The van der Waals surface area contributed by atoms with Crippen LogP contribution in [0.25, 0.3) is 0 Å². The van der Waals surface area contributed by atoms with E-state index in [9.17, 15) is 4.79 Å². The van der Waals surface area contributed by atoms with Gasteiger partial charge >= 0.3 is 0 Å². The summed E-state index contributed by atoms with van der Waals surface area (Å²) in [6.45, 7) is 9.86. The zero-order valence-electron chi connectivity index (χ0n) is 17.5. The quantitative estimate of drug-likeness (QED) is 0.492. The summed E-state index contributed by atoms with van der Waals surface area (Å²) < 4.78 is 0. The molecule has 3 N–H and O–H groups in total. The molecule has 1 amide bonds. The molecule has 2 heterocycles. The van der Waals surface area contributed by atoms with E-state index in [4.69, 9.17) is 5.73 Å². The molecule has 0 saturated carbocycles. The Kier molecular flexibility index (Phi) is 8.97. The fraction of sp³-hybridized carbons (Fsp3) is 0.700. The van der Waals surface area contributed by atoms with Crippen LogP contribution in [0.2, 0.25) is 0 Å². The smallest absolute Gasteiger partial charge is 0.225 e. The molecule has 1 aromatic heterocycles. The molecule has 8 nitrogen and oxygen atoms in total. The van der Waals surface area contributed by atoms with Crippen LogP contribution in [0.15, 0.2) is 23.5 Å². The molecule has 1 atom stereocenters. The van der Waals surface area contributed by atoms with Gasteiger partial charge in [0.15, 0.2) is 5.96 Å². The third kappa shape index (κ3) is 7.70. The van der Waals surface area contributed by atoms with Crippen LogP contribution >= 0.6 is 0 Å². The largest absolute Gasteiger partial charge is 0.370 e. The van der Waals surface area contributed by atoms with Crippen LogP contribution in [-0.4, -0.2) is 65.5 Å². The number of amides is 1. The van der Waals surface area contributed by atoms with Crippen LogP contribution < -0.4 is 16.0 Å². The number of guanidine groups is 1. The lowest BCUT2D eigenvalue weighted by atomic mass is 10.0. The first-order chi connectivity index (χ1) is 13.5. The SMILES string of the molecule is CC(C)CCCC(C)NC(N)=NCCC(=O)N1CCN(c2ncccn2)CC1. The number of carbonyl (C=O) groups excluding carboxylic acids is 1. The van der Waals surface area contributed by atoms with Gasteiger partial charge in [-0.05, 0) is 25.3 Å². The lowest BCUT2D eigenvalue weighted by Crippen LogP contribution is -2.49. The highest BCUT2D eigenvalue weighted by Gasteiger charge is 2.21. The Balaban J connectivity index is 1.64. The molecule has 0 spiro atoms. The Morgan fingerprint density at radius 1 is 1.18 bits per heavy atom. The molecule has 28 heavy (non-hydrogen) atoms. The van der Waals surface area contributed by atoms with Crippen LogP contribution in [0, 0.1) is 5.92 Å². The number of hydrogen-bond acceptors (Lipinski definition) is 5.